The highest BCUT2D eigenvalue weighted by molar-refractivity contribution is 9.10. The van der Waals surface area contributed by atoms with Crippen LogP contribution in [-0.4, -0.2) is 27.4 Å². The Morgan fingerprint density at radius 2 is 2.37 bits per heavy atom. The van der Waals surface area contributed by atoms with E-state index in [-0.39, 0.29) is 11.8 Å². The molecule has 0 aliphatic carbocycles. The molecule has 2 N–H and O–H groups in total. The lowest BCUT2D eigenvalue weighted by Crippen LogP contribution is -2.64. The van der Waals surface area contributed by atoms with Gasteiger partial charge >= 0.3 is 0 Å². The molecule has 4 nitrogen and oxygen atoms in total. The molecule has 0 spiro atoms. The number of fused-ring (bicyclic) bond motifs is 4. The van der Waals surface area contributed by atoms with Crippen molar-refractivity contribution in [3.63, 3.8) is 0 Å². The largest absolute Gasteiger partial charge is 0.508 e. The van der Waals surface area contributed by atoms with Crippen molar-refractivity contribution >= 4 is 33.3 Å². The zero-order valence-electron chi connectivity index (χ0n) is 10.7. The first-order valence-electron chi connectivity index (χ1n) is 6.24. The lowest BCUT2D eigenvalue weighted by Gasteiger charge is -2.52. The monoisotopic (exact) mass is 342 g/mol. The van der Waals surface area contributed by atoms with Gasteiger partial charge in [0.1, 0.15) is 11.5 Å². The summed E-state index contributed by atoms with van der Waals surface area (Å²) in [6.45, 7) is 4.91. The summed E-state index contributed by atoms with van der Waals surface area (Å²) in [5, 5.41) is 13.8. The fraction of sp³-hybridized carbons (Fsp3) is 0.462. The lowest BCUT2D eigenvalue weighted by atomic mass is 9.90. The van der Waals surface area contributed by atoms with Crippen LogP contribution in [0.2, 0.25) is 0 Å². The second kappa shape index (κ2) is 4.24. The molecule has 0 radical (unpaired) electrons. The number of phenolic OH excluding ortho intramolecular Hbond substituents is 1. The number of rotatable bonds is 1. The summed E-state index contributed by atoms with van der Waals surface area (Å²) in [6, 6.07) is 3.46. The van der Waals surface area contributed by atoms with Gasteiger partial charge in [-0.05, 0) is 54.1 Å². The number of benzene rings is 1. The van der Waals surface area contributed by atoms with E-state index in [0.29, 0.717) is 5.11 Å². The lowest BCUT2D eigenvalue weighted by molar-refractivity contribution is -0.0665. The molecule has 1 aromatic carbocycles. The molecular formula is C13H15BrN2O2S. The third-order valence-corrected chi connectivity index (χ3v) is 4.69. The first kappa shape index (κ1) is 13.0. The highest BCUT2D eigenvalue weighted by Crippen LogP contribution is 2.48. The van der Waals surface area contributed by atoms with Gasteiger partial charge in [0.2, 0.25) is 0 Å². The number of ether oxygens (including phenoxy) is 1. The number of hydrogen-bond donors (Lipinski definition) is 2. The van der Waals surface area contributed by atoms with Crippen LogP contribution >= 0.6 is 28.1 Å². The number of phenols is 1. The third kappa shape index (κ3) is 1.89. The molecule has 1 fully saturated rings. The van der Waals surface area contributed by atoms with E-state index in [1.54, 1.807) is 12.1 Å². The maximum Gasteiger partial charge on any atom is 0.184 e. The van der Waals surface area contributed by atoms with Crippen molar-refractivity contribution in [2.75, 3.05) is 6.54 Å². The van der Waals surface area contributed by atoms with Crippen LogP contribution in [0.3, 0.4) is 0 Å². The van der Waals surface area contributed by atoms with Gasteiger partial charge in [-0.25, -0.2) is 0 Å². The Kier molecular flexibility index (Phi) is 2.90. The van der Waals surface area contributed by atoms with Gasteiger partial charge in [0.25, 0.3) is 0 Å². The fourth-order valence-corrected chi connectivity index (χ4v) is 3.94. The Balaban J connectivity index is 2.13. The number of hydrogen-bond acceptors (Lipinski definition) is 3. The summed E-state index contributed by atoms with van der Waals surface area (Å²) in [5.41, 5.74) is 0.510. The van der Waals surface area contributed by atoms with Crippen LogP contribution in [0.5, 0.6) is 11.5 Å². The minimum atomic E-state index is -0.436. The van der Waals surface area contributed by atoms with E-state index in [1.807, 2.05) is 0 Å². The molecule has 1 aromatic rings. The molecule has 1 saturated heterocycles. The average molecular weight is 343 g/mol. The van der Waals surface area contributed by atoms with Gasteiger partial charge in [0.15, 0.2) is 10.8 Å². The number of aromatic hydroxyl groups is 1. The second-order valence-electron chi connectivity index (χ2n) is 5.07. The zero-order chi connectivity index (χ0) is 13.8. The van der Waals surface area contributed by atoms with Crippen molar-refractivity contribution in [1.29, 1.82) is 0 Å². The van der Waals surface area contributed by atoms with Crippen molar-refractivity contribution in [1.82, 2.24) is 10.2 Å². The molecule has 0 amide bonds. The Morgan fingerprint density at radius 1 is 1.63 bits per heavy atom. The SMILES string of the molecule is CCN1C(=S)NC2CC1(C)Oc1c(Br)cc(O)cc12. The predicted octanol–water partition coefficient (Wildman–Crippen LogP) is 2.90. The first-order chi connectivity index (χ1) is 8.94. The minimum absolute atomic E-state index is 0.0763. The van der Waals surface area contributed by atoms with Crippen LogP contribution in [0.25, 0.3) is 0 Å². The summed E-state index contributed by atoms with van der Waals surface area (Å²) in [7, 11) is 0. The average Bonchev–Trinajstić information content (AvgIpc) is 2.31. The Bertz CT molecular complexity index is 566. The molecule has 6 heteroatoms. The smallest absolute Gasteiger partial charge is 0.184 e. The second-order valence-corrected chi connectivity index (χ2v) is 6.31. The zero-order valence-corrected chi connectivity index (χ0v) is 13.1. The van der Waals surface area contributed by atoms with Gasteiger partial charge in [-0.3, -0.25) is 0 Å². The topological polar surface area (TPSA) is 44.7 Å². The molecule has 2 unspecified atom stereocenters. The maximum atomic E-state index is 9.74. The van der Waals surface area contributed by atoms with E-state index >= 15 is 0 Å². The van der Waals surface area contributed by atoms with Crippen molar-refractivity contribution in [3.05, 3.63) is 22.2 Å². The van der Waals surface area contributed by atoms with Crippen molar-refractivity contribution in [2.24, 2.45) is 0 Å². The molecule has 19 heavy (non-hydrogen) atoms. The van der Waals surface area contributed by atoms with E-state index in [2.05, 4.69) is 40.0 Å². The highest BCUT2D eigenvalue weighted by atomic mass is 79.9. The number of halogens is 1. The summed E-state index contributed by atoms with van der Waals surface area (Å²) in [4.78, 5) is 2.06. The van der Waals surface area contributed by atoms with Gasteiger partial charge in [0.05, 0.1) is 10.5 Å². The van der Waals surface area contributed by atoms with Crippen LogP contribution in [0, 0.1) is 0 Å². The van der Waals surface area contributed by atoms with Crippen LogP contribution in [0.15, 0.2) is 16.6 Å². The molecule has 0 saturated carbocycles. The Labute approximate surface area is 125 Å². The van der Waals surface area contributed by atoms with Crippen molar-refractivity contribution in [2.45, 2.75) is 32.0 Å². The quantitative estimate of drug-likeness (QED) is 0.768. The molecule has 2 heterocycles. The molecule has 2 aliphatic heterocycles. The van der Waals surface area contributed by atoms with E-state index in [1.165, 1.54) is 0 Å². The Morgan fingerprint density at radius 3 is 3.05 bits per heavy atom. The summed E-state index contributed by atoms with van der Waals surface area (Å²) < 4.78 is 6.96. The van der Waals surface area contributed by atoms with E-state index < -0.39 is 5.72 Å². The number of nitrogens with zero attached hydrogens (tertiary/aromatic N) is 1. The van der Waals surface area contributed by atoms with E-state index in [4.69, 9.17) is 17.0 Å². The van der Waals surface area contributed by atoms with E-state index in [0.717, 1.165) is 28.8 Å². The third-order valence-electron chi connectivity index (χ3n) is 3.77. The van der Waals surface area contributed by atoms with Gasteiger partial charge in [0, 0.05) is 18.5 Å². The number of nitrogens with one attached hydrogen (secondary N) is 1. The Hall–Kier alpha value is -1.01. The van der Waals surface area contributed by atoms with Gasteiger partial charge < -0.3 is 20.1 Å². The van der Waals surface area contributed by atoms with Gasteiger partial charge in [-0.2, -0.15) is 0 Å². The van der Waals surface area contributed by atoms with Crippen molar-refractivity contribution in [3.8, 4) is 11.5 Å². The normalized spacial score (nSPS) is 28.5. The van der Waals surface area contributed by atoms with Crippen LogP contribution in [0.4, 0.5) is 0 Å². The van der Waals surface area contributed by atoms with Crippen LogP contribution in [0.1, 0.15) is 31.9 Å². The van der Waals surface area contributed by atoms with Gasteiger partial charge in [-0.15, -0.1) is 0 Å². The van der Waals surface area contributed by atoms with Crippen LogP contribution in [-0.2, 0) is 0 Å². The minimum Gasteiger partial charge on any atom is -0.508 e. The maximum absolute atomic E-state index is 9.74. The van der Waals surface area contributed by atoms with Crippen LogP contribution < -0.4 is 10.1 Å². The summed E-state index contributed by atoms with van der Waals surface area (Å²) in [5.74, 6) is 1.01. The molecule has 3 rings (SSSR count). The molecule has 2 atom stereocenters. The molecule has 2 bridgehead atoms. The predicted molar refractivity (Wildman–Crippen MR) is 80.3 cm³/mol. The van der Waals surface area contributed by atoms with E-state index in [9.17, 15) is 5.11 Å². The first-order valence-corrected chi connectivity index (χ1v) is 7.44. The van der Waals surface area contributed by atoms with Crippen molar-refractivity contribution < 1.29 is 9.84 Å². The molecule has 2 aliphatic rings. The highest BCUT2D eigenvalue weighted by Gasteiger charge is 2.47. The molecule has 0 aromatic heterocycles. The van der Waals surface area contributed by atoms with Gasteiger partial charge in [-0.1, -0.05) is 0 Å². The standard InChI is InChI=1S/C13H15BrN2O2S/c1-3-16-12(19)15-10-6-13(16,2)18-11-8(10)4-7(17)5-9(11)14/h4-5,10,17H,3,6H2,1-2H3,(H,15,19). The number of thiocarbonyl (C=S) groups is 1. The molecular weight excluding hydrogens is 328 g/mol. The fourth-order valence-electron chi connectivity index (χ4n) is 2.93. The molecule has 102 valence electrons. The summed E-state index contributed by atoms with van der Waals surface area (Å²) in [6.07, 6.45) is 0.796. The summed E-state index contributed by atoms with van der Waals surface area (Å²) >= 11 is 8.87.